The van der Waals surface area contributed by atoms with Gasteiger partial charge < -0.3 is 14.8 Å². The van der Waals surface area contributed by atoms with Gasteiger partial charge in [0.25, 0.3) is 0 Å². The first-order valence-electron chi connectivity index (χ1n) is 6.58. The van der Waals surface area contributed by atoms with Crippen LogP contribution in [0.1, 0.15) is 13.3 Å². The summed E-state index contributed by atoms with van der Waals surface area (Å²) >= 11 is 0. The van der Waals surface area contributed by atoms with Gasteiger partial charge in [0.1, 0.15) is 6.10 Å². The standard InChI is InChI=1S/C15H18N2O3/c1-2-3-4-5-14(18)17-12-6-8-16-15(10-12)20-13-7-9-19-11-13/h2-6,8,10,13H,7,9,11H2,1H3,(H,16,17,18)/b3-2+,5-4+. The predicted molar refractivity (Wildman–Crippen MR) is 76.7 cm³/mol. The number of nitrogens with one attached hydrogen (secondary N) is 1. The highest BCUT2D eigenvalue weighted by atomic mass is 16.5. The molecule has 0 spiro atoms. The molecule has 1 amide bonds. The lowest BCUT2D eigenvalue weighted by molar-refractivity contribution is -0.111. The van der Waals surface area contributed by atoms with Crippen LogP contribution in [0.3, 0.4) is 0 Å². The second kappa shape index (κ2) is 7.45. The van der Waals surface area contributed by atoms with Gasteiger partial charge in [-0.3, -0.25) is 4.79 Å². The fourth-order valence-corrected chi connectivity index (χ4v) is 1.77. The van der Waals surface area contributed by atoms with E-state index in [4.69, 9.17) is 9.47 Å². The van der Waals surface area contributed by atoms with Crippen molar-refractivity contribution in [2.45, 2.75) is 19.4 Å². The lowest BCUT2D eigenvalue weighted by Gasteiger charge is -2.11. The van der Waals surface area contributed by atoms with E-state index in [-0.39, 0.29) is 12.0 Å². The molecule has 1 aromatic rings. The van der Waals surface area contributed by atoms with Crippen molar-refractivity contribution in [2.75, 3.05) is 18.5 Å². The Labute approximate surface area is 118 Å². The number of amides is 1. The number of hydrogen-bond donors (Lipinski definition) is 1. The molecule has 1 aromatic heterocycles. The van der Waals surface area contributed by atoms with E-state index < -0.39 is 0 Å². The predicted octanol–water partition coefficient (Wildman–Crippen LogP) is 2.32. The topological polar surface area (TPSA) is 60.5 Å². The van der Waals surface area contributed by atoms with Gasteiger partial charge in [-0.2, -0.15) is 0 Å². The van der Waals surface area contributed by atoms with Gasteiger partial charge in [-0.1, -0.05) is 18.2 Å². The molecule has 5 nitrogen and oxygen atoms in total. The number of nitrogens with zero attached hydrogens (tertiary/aromatic N) is 1. The Balaban J connectivity index is 1.93. The SMILES string of the molecule is C/C=C/C=C/C(=O)Nc1ccnc(OC2CCOC2)c1. The number of allylic oxidation sites excluding steroid dienone is 3. The summed E-state index contributed by atoms with van der Waals surface area (Å²) < 4.78 is 10.9. The largest absolute Gasteiger partial charge is 0.472 e. The molecule has 1 aliphatic rings. The minimum atomic E-state index is -0.190. The van der Waals surface area contributed by atoms with Crippen LogP contribution < -0.4 is 10.1 Å². The van der Waals surface area contributed by atoms with Crippen molar-refractivity contribution in [1.82, 2.24) is 4.98 Å². The normalized spacial score (nSPS) is 18.8. The molecular weight excluding hydrogens is 256 g/mol. The summed E-state index contributed by atoms with van der Waals surface area (Å²) in [6.45, 7) is 3.20. The molecule has 2 rings (SSSR count). The summed E-state index contributed by atoms with van der Waals surface area (Å²) in [4.78, 5) is 15.8. The highest BCUT2D eigenvalue weighted by Crippen LogP contribution is 2.18. The zero-order valence-corrected chi connectivity index (χ0v) is 11.4. The molecule has 1 unspecified atom stereocenters. The van der Waals surface area contributed by atoms with Crippen LogP contribution in [0.15, 0.2) is 42.6 Å². The second-order valence-electron chi connectivity index (χ2n) is 4.36. The Morgan fingerprint density at radius 2 is 2.45 bits per heavy atom. The summed E-state index contributed by atoms with van der Waals surface area (Å²) in [5.41, 5.74) is 0.657. The number of anilines is 1. The van der Waals surface area contributed by atoms with Crippen LogP contribution in [0.4, 0.5) is 5.69 Å². The molecule has 1 aliphatic heterocycles. The van der Waals surface area contributed by atoms with E-state index >= 15 is 0 Å². The molecule has 1 N–H and O–H groups in total. The van der Waals surface area contributed by atoms with Crippen molar-refractivity contribution in [1.29, 1.82) is 0 Å². The Kier molecular flexibility index (Phi) is 5.32. The quantitative estimate of drug-likeness (QED) is 0.661. The number of pyridine rings is 1. The van der Waals surface area contributed by atoms with Gasteiger partial charge in [-0.15, -0.1) is 0 Å². The first kappa shape index (κ1) is 14.3. The maximum Gasteiger partial charge on any atom is 0.248 e. The summed E-state index contributed by atoms with van der Waals surface area (Å²) in [6, 6.07) is 3.43. The molecule has 20 heavy (non-hydrogen) atoms. The number of ether oxygens (including phenoxy) is 2. The molecule has 1 atom stereocenters. The number of aromatic nitrogens is 1. The van der Waals surface area contributed by atoms with E-state index in [1.165, 1.54) is 6.08 Å². The van der Waals surface area contributed by atoms with Gasteiger partial charge in [0.2, 0.25) is 11.8 Å². The summed E-state index contributed by atoms with van der Waals surface area (Å²) in [5, 5.41) is 2.76. The Morgan fingerprint density at radius 1 is 1.55 bits per heavy atom. The second-order valence-corrected chi connectivity index (χ2v) is 4.36. The van der Waals surface area contributed by atoms with Crippen LogP contribution >= 0.6 is 0 Å². The van der Waals surface area contributed by atoms with Crippen molar-refractivity contribution < 1.29 is 14.3 Å². The molecular formula is C15H18N2O3. The average molecular weight is 274 g/mol. The van der Waals surface area contributed by atoms with Crippen LogP contribution in [-0.4, -0.2) is 30.2 Å². The molecule has 2 heterocycles. The average Bonchev–Trinajstić information content (AvgIpc) is 2.92. The number of carbonyl (C=O) groups is 1. The molecule has 1 fully saturated rings. The molecule has 0 saturated carbocycles. The number of hydrogen-bond acceptors (Lipinski definition) is 4. The molecule has 0 aliphatic carbocycles. The maximum atomic E-state index is 11.6. The van der Waals surface area contributed by atoms with Crippen LogP contribution in [0, 0.1) is 0 Å². The summed E-state index contributed by atoms with van der Waals surface area (Å²) in [5.74, 6) is 0.306. The van der Waals surface area contributed by atoms with Crippen molar-refractivity contribution in [3.63, 3.8) is 0 Å². The van der Waals surface area contributed by atoms with Gasteiger partial charge >= 0.3 is 0 Å². The van der Waals surface area contributed by atoms with Crippen LogP contribution in [0.5, 0.6) is 5.88 Å². The molecule has 5 heteroatoms. The third kappa shape index (κ3) is 4.51. The summed E-state index contributed by atoms with van der Waals surface area (Å²) in [6.07, 6.45) is 9.31. The van der Waals surface area contributed by atoms with Crippen molar-refractivity contribution >= 4 is 11.6 Å². The van der Waals surface area contributed by atoms with E-state index in [9.17, 15) is 4.79 Å². The van der Waals surface area contributed by atoms with Gasteiger partial charge in [0.05, 0.1) is 13.2 Å². The van der Waals surface area contributed by atoms with Gasteiger partial charge in [0.15, 0.2) is 0 Å². The monoisotopic (exact) mass is 274 g/mol. The van der Waals surface area contributed by atoms with Crippen LogP contribution in [0.25, 0.3) is 0 Å². The molecule has 0 bridgehead atoms. The third-order valence-electron chi connectivity index (χ3n) is 2.73. The van der Waals surface area contributed by atoms with Crippen molar-refractivity contribution in [3.8, 4) is 5.88 Å². The highest BCUT2D eigenvalue weighted by Gasteiger charge is 2.17. The van der Waals surface area contributed by atoms with E-state index in [1.807, 2.05) is 13.0 Å². The smallest absolute Gasteiger partial charge is 0.248 e. The molecule has 0 radical (unpaired) electrons. The Morgan fingerprint density at radius 3 is 3.20 bits per heavy atom. The highest BCUT2D eigenvalue weighted by molar-refractivity contribution is 5.99. The first-order valence-corrected chi connectivity index (χ1v) is 6.58. The molecule has 0 aromatic carbocycles. The van der Waals surface area contributed by atoms with Gasteiger partial charge in [-0.25, -0.2) is 4.98 Å². The van der Waals surface area contributed by atoms with Crippen molar-refractivity contribution in [2.24, 2.45) is 0 Å². The Bertz CT molecular complexity index is 506. The van der Waals surface area contributed by atoms with E-state index in [2.05, 4.69) is 10.3 Å². The zero-order valence-electron chi connectivity index (χ0n) is 11.4. The fraction of sp³-hybridized carbons (Fsp3) is 0.333. The van der Waals surface area contributed by atoms with Gasteiger partial charge in [0, 0.05) is 30.4 Å². The van der Waals surface area contributed by atoms with E-state index in [1.54, 1.807) is 30.5 Å². The van der Waals surface area contributed by atoms with E-state index in [0.717, 1.165) is 13.0 Å². The minimum Gasteiger partial charge on any atom is -0.472 e. The lowest BCUT2D eigenvalue weighted by atomic mass is 10.3. The maximum absolute atomic E-state index is 11.6. The minimum absolute atomic E-state index is 0.0445. The Hall–Kier alpha value is -2.14. The lowest BCUT2D eigenvalue weighted by Crippen LogP contribution is -2.16. The van der Waals surface area contributed by atoms with Crippen molar-refractivity contribution in [3.05, 3.63) is 42.6 Å². The number of carbonyl (C=O) groups excluding carboxylic acids is 1. The van der Waals surface area contributed by atoms with Crippen LogP contribution in [-0.2, 0) is 9.53 Å². The van der Waals surface area contributed by atoms with E-state index in [0.29, 0.717) is 18.2 Å². The number of rotatable bonds is 5. The van der Waals surface area contributed by atoms with Crippen LogP contribution in [0.2, 0.25) is 0 Å². The fourth-order valence-electron chi connectivity index (χ4n) is 1.77. The first-order chi connectivity index (χ1) is 9.78. The third-order valence-corrected chi connectivity index (χ3v) is 2.73. The molecule has 106 valence electrons. The van der Waals surface area contributed by atoms with Gasteiger partial charge in [-0.05, 0) is 13.0 Å². The zero-order chi connectivity index (χ0) is 14.2. The molecule has 1 saturated heterocycles. The summed E-state index contributed by atoms with van der Waals surface area (Å²) in [7, 11) is 0.